The van der Waals surface area contributed by atoms with Gasteiger partial charge in [0.25, 0.3) is 0 Å². The molecule has 0 saturated carbocycles. The summed E-state index contributed by atoms with van der Waals surface area (Å²) in [5, 5.41) is 10.6. The number of aliphatic hydroxyl groups is 1. The Bertz CT molecular complexity index is 637. The molecule has 0 atom stereocenters. The Hall–Kier alpha value is -1.83. The van der Waals surface area contributed by atoms with Crippen molar-refractivity contribution in [2.75, 3.05) is 6.61 Å². The molecule has 4 heteroatoms. The van der Waals surface area contributed by atoms with Gasteiger partial charge in [-0.3, -0.25) is 0 Å². The fraction of sp³-hybridized carbons (Fsp3) is 0.250. The fourth-order valence-electron chi connectivity index (χ4n) is 1.61. The number of ether oxygens (including phenoxy) is 1. The van der Waals surface area contributed by atoms with Gasteiger partial charge in [0.1, 0.15) is 6.61 Å². The molecule has 0 spiro atoms. The zero-order valence-corrected chi connectivity index (χ0v) is 12.0. The lowest BCUT2D eigenvalue weighted by Crippen LogP contribution is -1.95. The minimum atomic E-state index is -0.352. The third-order valence-electron chi connectivity index (χ3n) is 2.58. The Morgan fingerprint density at radius 3 is 3.00 bits per heavy atom. The van der Waals surface area contributed by atoms with Crippen molar-refractivity contribution >= 4 is 11.3 Å². The molecule has 1 aromatic heterocycles. The Balaban J connectivity index is 1.98. The molecule has 0 bridgehead atoms. The number of aryl methyl sites for hydroxylation is 1. The molecule has 1 aromatic carbocycles. The maximum atomic E-state index is 13.5. The van der Waals surface area contributed by atoms with Gasteiger partial charge in [0, 0.05) is 22.2 Å². The van der Waals surface area contributed by atoms with Gasteiger partial charge in [-0.25, -0.2) is 4.39 Å². The third-order valence-corrected chi connectivity index (χ3v) is 3.49. The van der Waals surface area contributed by atoms with Crippen LogP contribution in [0.25, 0.3) is 0 Å². The average molecular weight is 290 g/mol. The summed E-state index contributed by atoms with van der Waals surface area (Å²) in [5.41, 5.74) is 1.86. The minimum Gasteiger partial charge on any atom is -0.485 e. The molecule has 0 unspecified atom stereocenters. The highest BCUT2D eigenvalue weighted by molar-refractivity contribution is 7.10. The van der Waals surface area contributed by atoms with E-state index in [-0.39, 0.29) is 18.2 Å². The second-order valence-corrected chi connectivity index (χ2v) is 5.30. The standard InChI is InChI=1S/C16H15FO2S/c1-12-5-6-15(17)16(8-12)19-10-14-9-13(11-20-14)4-2-3-7-18/h5-6,8-9,11,18H,3,7,10H2,1H3. The van der Waals surface area contributed by atoms with Crippen molar-refractivity contribution in [3.63, 3.8) is 0 Å². The Labute approximate surface area is 121 Å². The first-order chi connectivity index (χ1) is 9.69. The van der Waals surface area contributed by atoms with Crippen LogP contribution < -0.4 is 4.74 Å². The van der Waals surface area contributed by atoms with Crippen LogP contribution in [-0.4, -0.2) is 11.7 Å². The number of thiophene rings is 1. The predicted molar refractivity (Wildman–Crippen MR) is 78.4 cm³/mol. The number of hydrogen-bond donors (Lipinski definition) is 1. The van der Waals surface area contributed by atoms with Crippen LogP contribution in [-0.2, 0) is 6.61 Å². The second kappa shape index (κ2) is 7.09. The van der Waals surface area contributed by atoms with Crippen molar-refractivity contribution < 1.29 is 14.2 Å². The number of halogens is 1. The topological polar surface area (TPSA) is 29.5 Å². The molecule has 1 N–H and O–H groups in total. The molecule has 2 rings (SSSR count). The molecule has 2 aromatic rings. The van der Waals surface area contributed by atoms with Gasteiger partial charge in [-0.2, -0.15) is 0 Å². The van der Waals surface area contributed by atoms with E-state index in [9.17, 15) is 4.39 Å². The first-order valence-corrected chi connectivity index (χ1v) is 7.13. The van der Waals surface area contributed by atoms with Gasteiger partial charge >= 0.3 is 0 Å². The molecule has 104 valence electrons. The Morgan fingerprint density at radius 2 is 2.20 bits per heavy atom. The molecule has 0 radical (unpaired) electrons. The Kier molecular flexibility index (Phi) is 5.16. The van der Waals surface area contributed by atoms with Crippen molar-refractivity contribution in [1.29, 1.82) is 0 Å². The average Bonchev–Trinajstić information content (AvgIpc) is 2.88. The van der Waals surface area contributed by atoms with E-state index in [1.807, 2.05) is 18.4 Å². The lowest BCUT2D eigenvalue weighted by Gasteiger charge is -2.06. The zero-order valence-electron chi connectivity index (χ0n) is 11.1. The van der Waals surface area contributed by atoms with Crippen LogP contribution in [0.4, 0.5) is 4.39 Å². The minimum absolute atomic E-state index is 0.0692. The molecule has 0 saturated heterocycles. The van der Waals surface area contributed by atoms with Gasteiger partial charge in [-0.1, -0.05) is 17.9 Å². The number of rotatable bonds is 4. The van der Waals surface area contributed by atoms with Crippen molar-refractivity contribution in [2.45, 2.75) is 20.0 Å². The maximum Gasteiger partial charge on any atom is 0.165 e. The van der Waals surface area contributed by atoms with Crippen LogP contribution in [0.5, 0.6) is 5.75 Å². The monoisotopic (exact) mass is 290 g/mol. The molecule has 0 aliphatic rings. The highest BCUT2D eigenvalue weighted by Gasteiger charge is 2.05. The smallest absolute Gasteiger partial charge is 0.165 e. The van der Waals surface area contributed by atoms with Crippen LogP contribution in [0, 0.1) is 24.6 Å². The van der Waals surface area contributed by atoms with E-state index in [4.69, 9.17) is 9.84 Å². The summed E-state index contributed by atoms with van der Waals surface area (Å²) in [5.74, 6) is 5.73. The number of benzene rings is 1. The van der Waals surface area contributed by atoms with Crippen LogP contribution >= 0.6 is 11.3 Å². The molecule has 20 heavy (non-hydrogen) atoms. The molecule has 0 amide bonds. The molecule has 2 nitrogen and oxygen atoms in total. The van der Waals surface area contributed by atoms with E-state index in [0.29, 0.717) is 13.0 Å². The first kappa shape index (κ1) is 14.6. The quantitative estimate of drug-likeness (QED) is 0.873. The summed E-state index contributed by atoms with van der Waals surface area (Å²) in [6.45, 7) is 2.29. The fourth-order valence-corrected chi connectivity index (χ4v) is 2.34. The Morgan fingerprint density at radius 1 is 1.35 bits per heavy atom. The highest BCUT2D eigenvalue weighted by Crippen LogP contribution is 2.21. The van der Waals surface area contributed by atoms with Gasteiger partial charge in [-0.05, 0) is 30.7 Å². The van der Waals surface area contributed by atoms with Gasteiger partial charge in [0.2, 0.25) is 0 Å². The van der Waals surface area contributed by atoms with E-state index in [1.165, 1.54) is 17.4 Å². The predicted octanol–water partition coefficient (Wildman–Crippen LogP) is 3.51. The van der Waals surface area contributed by atoms with E-state index in [2.05, 4.69) is 11.8 Å². The van der Waals surface area contributed by atoms with E-state index in [0.717, 1.165) is 16.0 Å². The van der Waals surface area contributed by atoms with E-state index < -0.39 is 0 Å². The third kappa shape index (κ3) is 4.09. The van der Waals surface area contributed by atoms with E-state index in [1.54, 1.807) is 12.1 Å². The van der Waals surface area contributed by atoms with Crippen LogP contribution in [0.3, 0.4) is 0 Å². The normalized spacial score (nSPS) is 9.95. The number of hydrogen-bond acceptors (Lipinski definition) is 3. The van der Waals surface area contributed by atoms with E-state index >= 15 is 0 Å². The lowest BCUT2D eigenvalue weighted by atomic mass is 10.2. The number of aliphatic hydroxyl groups excluding tert-OH is 1. The first-order valence-electron chi connectivity index (χ1n) is 6.25. The van der Waals surface area contributed by atoms with Crippen LogP contribution in [0.15, 0.2) is 29.6 Å². The zero-order chi connectivity index (χ0) is 14.4. The molecular formula is C16H15FO2S. The summed E-state index contributed by atoms with van der Waals surface area (Å²) in [6, 6.07) is 6.72. The van der Waals surface area contributed by atoms with Crippen LogP contribution in [0.1, 0.15) is 22.4 Å². The van der Waals surface area contributed by atoms with Gasteiger partial charge in [0.15, 0.2) is 11.6 Å². The van der Waals surface area contributed by atoms with Crippen molar-refractivity contribution in [1.82, 2.24) is 0 Å². The highest BCUT2D eigenvalue weighted by atomic mass is 32.1. The maximum absolute atomic E-state index is 13.5. The molecule has 0 fully saturated rings. The van der Waals surface area contributed by atoms with Gasteiger partial charge < -0.3 is 9.84 Å². The van der Waals surface area contributed by atoms with Crippen LogP contribution in [0.2, 0.25) is 0 Å². The molecule has 1 heterocycles. The molecule has 0 aliphatic heterocycles. The molecule has 0 aliphatic carbocycles. The summed E-state index contributed by atoms with van der Waals surface area (Å²) in [6.07, 6.45) is 0.468. The van der Waals surface area contributed by atoms with Crippen molar-refractivity contribution in [3.05, 3.63) is 51.5 Å². The summed E-state index contributed by atoms with van der Waals surface area (Å²) in [4.78, 5) is 0.985. The van der Waals surface area contributed by atoms with Gasteiger partial charge in [0.05, 0.1) is 6.61 Å². The summed E-state index contributed by atoms with van der Waals surface area (Å²) >= 11 is 1.52. The summed E-state index contributed by atoms with van der Waals surface area (Å²) < 4.78 is 19.0. The largest absolute Gasteiger partial charge is 0.485 e. The summed E-state index contributed by atoms with van der Waals surface area (Å²) in [7, 11) is 0. The van der Waals surface area contributed by atoms with Crippen molar-refractivity contribution in [3.8, 4) is 17.6 Å². The second-order valence-electron chi connectivity index (χ2n) is 4.30. The molecular weight excluding hydrogens is 275 g/mol. The SMILES string of the molecule is Cc1ccc(F)c(OCc2cc(C#CCCO)cs2)c1. The van der Waals surface area contributed by atoms with Gasteiger partial charge in [-0.15, -0.1) is 11.3 Å². The van der Waals surface area contributed by atoms with Crippen molar-refractivity contribution in [2.24, 2.45) is 0 Å². The lowest BCUT2D eigenvalue weighted by molar-refractivity contribution is 0.293.